The smallest absolute Gasteiger partial charge is 0.338 e. The molecule has 3 N–H and O–H groups in total. The molecule has 0 saturated carbocycles. The third-order valence-corrected chi connectivity index (χ3v) is 7.43. The number of hydrogen-bond donors (Lipinski definition) is 3. The molecule has 1 aliphatic heterocycles. The minimum atomic E-state index is -0.787. The van der Waals surface area contributed by atoms with Gasteiger partial charge in [0.2, 0.25) is 0 Å². The summed E-state index contributed by atoms with van der Waals surface area (Å²) >= 11 is 3.52. The van der Waals surface area contributed by atoms with Crippen LogP contribution >= 0.6 is 15.9 Å². The Morgan fingerprint density at radius 1 is 1.02 bits per heavy atom. The van der Waals surface area contributed by atoms with Gasteiger partial charge in [0.25, 0.3) is 5.91 Å². The lowest BCUT2D eigenvalue weighted by molar-refractivity contribution is -0.139. The molecule has 0 aromatic heterocycles. The van der Waals surface area contributed by atoms with Gasteiger partial charge in [-0.15, -0.1) is 0 Å². The van der Waals surface area contributed by atoms with E-state index in [-0.39, 0.29) is 36.9 Å². The number of carbonyl (C=O) groups is 3. The first-order chi connectivity index (χ1) is 23.2. The second-order valence-corrected chi connectivity index (χ2v) is 11.0. The molecule has 4 rings (SSSR count). The molecule has 0 saturated heterocycles. The predicted molar refractivity (Wildman–Crippen MR) is 179 cm³/mol. The highest BCUT2D eigenvalue weighted by Gasteiger charge is 2.32. The highest BCUT2D eigenvalue weighted by Crippen LogP contribution is 2.37. The zero-order valence-corrected chi connectivity index (χ0v) is 28.3. The number of carbonyl (C=O) groups excluding carboxylic acids is 3. The van der Waals surface area contributed by atoms with E-state index >= 15 is 0 Å². The van der Waals surface area contributed by atoms with E-state index < -0.39 is 23.9 Å². The Morgan fingerprint density at radius 3 is 2.48 bits per heavy atom. The second kappa shape index (κ2) is 16.8. The summed E-state index contributed by atoms with van der Waals surface area (Å²) in [5.41, 5.74) is 5.70. The lowest BCUT2D eigenvalue weighted by Crippen LogP contribution is -2.45. The fourth-order valence-electron chi connectivity index (χ4n) is 4.66. The Bertz CT molecular complexity index is 1770. The van der Waals surface area contributed by atoms with Gasteiger partial charge in [0.05, 0.1) is 54.3 Å². The minimum absolute atomic E-state index is 0.174. The molecule has 1 aliphatic rings. The number of nitriles is 1. The highest BCUT2D eigenvalue weighted by atomic mass is 79.9. The van der Waals surface area contributed by atoms with E-state index in [2.05, 4.69) is 43.2 Å². The summed E-state index contributed by atoms with van der Waals surface area (Å²) in [7, 11) is 1.43. The number of hydrogen-bond acceptors (Lipinski definition) is 10. The van der Waals surface area contributed by atoms with E-state index in [9.17, 15) is 14.4 Å². The van der Waals surface area contributed by atoms with Gasteiger partial charge < -0.3 is 34.3 Å². The first-order valence-electron chi connectivity index (χ1n) is 14.8. The summed E-state index contributed by atoms with van der Waals surface area (Å²) < 4.78 is 28.7. The first-order valence-corrected chi connectivity index (χ1v) is 15.6. The number of rotatable bonds is 14. The number of urea groups is 1. The van der Waals surface area contributed by atoms with Crippen molar-refractivity contribution in [3.8, 4) is 29.1 Å². The lowest BCUT2D eigenvalue weighted by Gasteiger charge is -2.28. The quantitative estimate of drug-likeness (QED) is 0.118. The third-order valence-electron chi connectivity index (χ3n) is 6.85. The molecule has 13 nitrogen and oxygen atoms in total. The number of methoxy groups -OCH3 is 1. The van der Waals surface area contributed by atoms with Gasteiger partial charge in [-0.05, 0) is 89.8 Å². The fourth-order valence-corrected chi connectivity index (χ4v) is 5.23. The van der Waals surface area contributed by atoms with Crippen molar-refractivity contribution in [2.45, 2.75) is 33.4 Å². The van der Waals surface area contributed by atoms with Crippen LogP contribution in [0.3, 0.4) is 0 Å². The van der Waals surface area contributed by atoms with Crippen molar-refractivity contribution in [2.24, 2.45) is 5.10 Å². The van der Waals surface area contributed by atoms with Gasteiger partial charge in [-0.3, -0.25) is 4.79 Å². The van der Waals surface area contributed by atoms with Gasteiger partial charge in [-0.25, -0.2) is 15.0 Å². The molecule has 14 heteroatoms. The highest BCUT2D eigenvalue weighted by molar-refractivity contribution is 9.10. The van der Waals surface area contributed by atoms with Crippen LogP contribution in [0.4, 0.5) is 4.79 Å². The number of allylic oxidation sites excluding steroid dienone is 1. The van der Waals surface area contributed by atoms with Crippen LogP contribution in [-0.4, -0.2) is 51.1 Å². The van der Waals surface area contributed by atoms with Gasteiger partial charge in [-0.1, -0.05) is 18.2 Å². The van der Waals surface area contributed by atoms with Crippen LogP contribution in [0, 0.1) is 11.3 Å². The van der Waals surface area contributed by atoms with Crippen molar-refractivity contribution in [3.63, 3.8) is 0 Å². The Morgan fingerprint density at radius 2 is 1.79 bits per heavy atom. The van der Waals surface area contributed by atoms with E-state index in [1.165, 1.54) is 13.3 Å². The number of hydrazone groups is 1. The number of nitrogens with one attached hydrogen (secondary N) is 3. The molecule has 0 fully saturated rings. The van der Waals surface area contributed by atoms with Crippen molar-refractivity contribution in [2.75, 3.05) is 26.9 Å². The normalized spacial score (nSPS) is 14.0. The van der Waals surface area contributed by atoms with Crippen LogP contribution < -0.4 is 35.0 Å². The number of esters is 1. The van der Waals surface area contributed by atoms with Crippen LogP contribution in [0.25, 0.3) is 0 Å². The van der Waals surface area contributed by atoms with Crippen molar-refractivity contribution in [3.05, 3.63) is 92.6 Å². The minimum Gasteiger partial charge on any atom is -0.493 e. The number of nitrogens with zero attached hydrogens (tertiary/aromatic N) is 2. The molecule has 3 aromatic carbocycles. The standard InChI is InChI=1S/C34H34BrN5O8/c1-5-45-28-14-23(13-25(35)32(28)48-18-22-9-7-21(16-36)8-10-22)17-37-40-29(41)19-47-26-12-11-24(15-27(26)44-4)31-30(33(42)46-6-2)20(3)38-34(43)39-31/h7-15,17,31H,5-6,18-19H2,1-4H3,(H,40,41)(H2,38,39,43)/b37-17+/t31-/m1/s1. The van der Waals surface area contributed by atoms with Crippen molar-refractivity contribution in [1.29, 1.82) is 5.26 Å². The predicted octanol–water partition coefficient (Wildman–Crippen LogP) is 5.03. The third kappa shape index (κ3) is 9.04. The van der Waals surface area contributed by atoms with Crippen molar-refractivity contribution < 1.29 is 38.1 Å². The first kappa shape index (κ1) is 35.3. The summed E-state index contributed by atoms with van der Waals surface area (Å²) in [5, 5.41) is 18.4. The molecule has 3 aromatic rings. The SMILES string of the molecule is CCOC(=O)C1=C(C)NC(=O)N[C@@H]1c1ccc(OCC(=O)N/N=C/c2cc(Br)c(OCc3ccc(C#N)cc3)c(OCC)c2)c(OC)c1. The van der Waals surface area contributed by atoms with Gasteiger partial charge in [0.15, 0.2) is 29.6 Å². The Labute approximate surface area is 286 Å². The van der Waals surface area contributed by atoms with E-state index in [1.54, 1.807) is 56.3 Å². The van der Waals surface area contributed by atoms with Gasteiger partial charge in [0.1, 0.15) is 6.61 Å². The molecule has 0 bridgehead atoms. The maximum absolute atomic E-state index is 12.6. The molecule has 0 unspecified atom stereocenters. The number of benzene rings is 3. The molecule has 0 aliphatic carbocycles. The van der Waals surface area contributed by atoms with E-state index in [1.807, 2.05) is 19.1 Å². The summed E-state index contributed by atoms with van der Waals surface area (Å²) in [6, 6.07) is 16.3. The van der Waals surface area contributed by atoms with Crippen LogP contribution in [-0.2, 0) is 20.9 Å². The fraction of sp³-hybridized carbons (Fsp3) is 0.265. The van der Waals surface area contributed by atoms with Crippen molar-refractivity contribution >= 4 is 40.1 Å². The van der Waals surface area contributed by atoms with E-state index in [0.29, 0.717) is 45.0 Å². The number of amides is 3. The van der Waals surface area contributed by atoms with Gasteiger partial charge >= 0.3 is 12.0 Å². The van der Waals surface area contributed by atoms with Crippen molar-refractivity contribution in [1.82, 2.24) is 16.1 Å². The molecule has 3 amide bonds. The van der Waals surface area contributed by atoms with Crippen LogP contribution in [0.5, 0.6) is 23.0 Å². The Hall–Kier alpha value is -5.55. The molecular formula is C34H34BrN5O8. The lowest BCUT2D eigenvalue weighted by atomic mass is 9.95. The maximum Gasteiger partial charge on any atom is 0.338 e. The van der Waals surface area contributed by atoms with Gasteiger partial charge in [0, 0.05) is 5.70 Å². The molecule has 250 valence electrons. The molecule has 0 radical (unpaired) electrons. The zero-order chi connectivity index (χ0) is 34.6. The molecule has 48 heavy (non-hydrogen) atoms. The molecular weight excluding hydrogens is 686 g/mol. The summed E-state index contributed by atoms with van der Waals surface area (Å²) in [5.74, 6) is 0.443. The maximum atomic E-state index is 12.6. The Balaban J connectivity index is 1.38. The van der Waals surface area contributed by atoms with Crippen LogP contribution in [0.2, 0.25) is 0 Å². The number of halogens is 1. The van der Waals surface area contributed by atoms with E-state index in [4.69, 9.17) is 28.9 Å². The average molecular weight is 721 g/mol. The number of ether oxygens (including phenoxy) is 5. The average Bonchev–Trinajstić information content (AvgIpc) is 3.07. The molecule has 1 atom stereocenters. The largest absolute Gasteiger partial charge is 0.493 e. The topological polar surface area (TPSA) is 170 Å². The molecule has 1 heterocycles. The molecule has 0 spiro atoms. The van der Waals surface area contributed by atoms with Crippen LogP contribution in [0.15, 0.2) is 75.4 Å². The summed E-state index contributed by atoms with van der Waals surface area (Å²) in [6.07, 6.45) is 1.45. The monoisotopic (exact) mass is 719 g/mol. The van der Waals surface area contributed by atoms with Crippen LogP contribution in [0.1, 0.15) is 49.1 Å². The summed E-state index contributed by atoms with van der Waals surface area (Å²) in [6.45, 7) is 5.63. The Kier molecular flexibility index (Phi) is 12.4. The zero-order valence-electron chi connectivity index (χ0n) is 26.7. The second-order valence-electron chi connectivity index (χ2n) is 10.1. The summed E-state index contributed by atoms with van der Waals surface area (Å²) in [4.78, 5) is 37.4. The van der Waals surface area contributed by atoms with Gasteiger partial charge in [-0.2, -0.15) is 10.4 Å². The van der Waals surface area contributed by atoms with E-state index in [0.717, 1.165) is 5.56 Å².